The summed E-state index contributed by atoms with van der Waals surface area (Å²) in [7, 11) is 0. The molecule has 0 saturated carbocycles. The SMILES string of the molecule is Cc1ccc2c(c1)/C(=C/c1cc3c(s1)c1c(n3C(=O)OCc3ccccc3)=CC3C=c4c(n(C(=O)OCc5ccccc5)c5cc(/C=C6\C(=O)C(=O)c7ccc(C(F)(F)F)cc76)sc45)=CC3C=1)C(=O)C2=O. The molecular weight excluding hydrogens is 950 g/mol. The highest BCUT2D eigenvalue weighted by Crippen LogP contribution is 2.39. The molecule has 0 amide bonds. The lowest BCUT2D eigenvalue weighted by molar-refractivity contribution is -0.137. The number of thiophene rings is 2. The molecule has 0 bridgehead atoms. The number of hydrogen-bond acceptors (Lipinski definition) is 10. The maximum Gasteiger partial charge on any atom is 0.419 e. The van der Waals surface area contributed by atoms with Gasteiger partial charge in [-0.15, -0.1) is 22.7 Å². The van der Waals surface area contributed by atoms with E-state index < -0.39 is 47.1 Å². The van der Waals surface area contributed by atoms with Gasteiger partial charge in [-0.1, -0.05) is 109 Å². The number of hydrogen-bond donors (Lipinski definition) is 0. The van der Waals surface area contributed by atoms with Crippen LogP contribution in [0.15, 0.2) is 109 Å². The summed E-state index contributed by atoms with van der Waals surface area (Å²) in [4.78, 5) is 82.4. The number of alkyl halides is 3. The molecule has 4 aromatic carbocycles. The first-order valence-electron chi connectivity index (χ1n) is 22.3. The van der Waals surface area contributed by atoms with E-state index in [9.17, 15) is 41.9 Å². The fourth-order valence-corrected chi connectivity index (χ4v) is 12.1. The van der Waals surface area contributed by atoms with E-state index >= 15 is 0 Å². The molecule has 8 aromatic rings. The quantitative estimate of drug-likeness (QED) is 0.119. The molecule has 4 aliphatic rings. The third-order valence-corrected chi connectivity index (χ3v) is 15.4. The van der Waals surface area contributed by atoms with Gasteiger partial charge in [0.25, 0.3) is 0 Å². The van der Waals surface area contributed by atoms with Gasteiger partial charge in [-0.05, 0) is 71.7 Å². The highest BCUT2D eigenvalue weighted by Gasteiger charge is 2.39. The van der Waals surface area contributed by atoms with Gasteiger partial charge in [-0.25, -0.2) is 18.7 Å². The monoisotopic (exact) mass is 982 g/mol. The van der Waals surface area contributed by atoms with Gasteiger partial charge in [0, 0.05) is 54.3 Å². The van der Waals surface area contributed by atoms with Crippen LogP contribution in [0.2, 0.25) is 0 Å². The predicted octanol–water partition coefficient (Wildman–Crippen LogP) is 9.11. The maximum atomic E-state index is 14.3. The van der Waals surface area contributed by atoms with Crippen molar-refractivity contribution in [2.45, 2.75) is 26.3 Å². The average Bonchev–Trinajstić information content (AvgIpc) is 4.19. The van der Waals surface area contributed by atoms with E-state index in [1.807, 2.05) is 98.0 Å². The highest BCUT2D eigenvalue weighted by molar-refractivity contribution is 7.20. The standard InChI is InChI=1S/C56H33F3N2O8S2/c1-28-12-14-36-38(16-28)40(50(64)48(36)62)22-34-24-46-52(70-34)42-17-31-20-45-43(18-32(31)19-44(42)60(46)54(66)68-26-29-8-4-2-5-9-29)53-47(61(45)55(67)69-27-30-10-6-3-7-11-30)25-35(71-53)23-41-39-21-33(56(57,58)59)13-15-37(39)49(63)51(41)65/h2-25,31-32H,26-27H2,1H3/b40-22-,41-23-. The number of aromatic nitrogens is 2. The molecule has 0 spiro atoms. The van der Waals surface area contributed by atoms with Gasteiger partial charge in [0.05, 0.1) is 36.7 Å². The zero-order valence-corrected chi connectivity index (χ0v) is 38.7. The van der Waals surface area contributed by atoms with Crippen LogP contribution in [0.5, 0.6) is 0 Å². The predicted molar refractivity (Wildman–Crippen MR) is 264 cm³/mol. The summed E-state index contributed by atoms with van der Waals surface area (Å²) in [5.74, 6) is -3.75. The summed E-state index contributed by atoms with van der Waals surface area (Å²) < 4.78 is 57.6. The second-order valence-electron chi connectivity index (χ2n) is 17.6. The second-order valence-corrected chi connectivity index (χ2v) is 19.8. The normalized spacial score (nSPS) is 17.9. The van der Waals surface area contributed by atoms with Crippen LogP contribution in [-0.2, 0) is 38.5 Å². The maximum absolute atomic E-state index is 14.3. The molecule has 0 saturated heterocycles. The van der Waals surface area contributed by atoms with Gasteiger partial charge in [-0.3, -0.25) is 19.2 Å². The van der Waals surface area contributed by atoms with Crippen LogP contribution in [0, 0.1) is 18.8 Å². The molecule has 4 heterocycles. The molecule has 71 heavy (non-hydrogen) atoms. The molecule has 348 valence electrons. The summed E-state index contributed by atoms with van der Waals surface area (Å²) >= 11 is 2.56. The Bertz CT molecular complexity index is 4080. The minimum Gasteiger partial charge on any atom is -0.444 e. The number of carbonyl (C=O) groups excluding carboxylic acids is 6. The van der Waals surface area contributed by atoms with Gasteiger partial charge in [0.15, 0.2) is 0 Å². The topological polar surface area (TPSA) is 131 Å². The lowest BCUT2D eigenvalue weighted by atomic mass is 9.84. The fourth-order valence-electron chi connectivity index (χ4n) is 9.82. The molecule has 10 nitrogen and oxygen atoms in total. The number of rotatable bonds is 6. The van der Waals surface area contributed by atoms with E-state index in [4.69, 9.17) is 9.47 Å². The smallest absolute Gasteiger partial charge is 0.419 e. The number of ketones is 4. The number of fused-ring (bicyclic) bond motifs is 9. The molecule has 0 radical (unpaired) electrons. The lowest BCUT2D eigenvalue weighted by Crippen LogP contribution is -2.42. The van der Waals surface area contributed by atoms with Crippen molar-refractivity contribution >= 4 is 126 Å². The molecule has 12 rings (SSSR count). The van der Waals surface area contributed by atoms with Crippen LogP contribution in [0.3, 0.4) is 0 Å². The van der Waals surface area contributed by atoms with Crippen LogP contribution in [0.25, 0.3) is 68.0 Å². The molecule has 4 aromatic heterocycles. The van der Waals surface area contributed by atoms with E-state index in [0.29, 0.717) is 52.5 Å². The van der Waals surface area contributed by atoms with Gasteiger partial charge in [-0.2, -0.15) is 13.2 Å². The number of ether oxygens (including phenoxy) is 2. The van der Waals surface area contributed by atoms with Crippen molar-refractivity contribution in [3.63, 3.8) is 0 Å². The van der Waals surface area contributed by atoms with Crippen LogP contribution < -0.4 is 21.1 Å². The van der Waals surface area contributed by atoms with E-state index in [-0.39, 0.29) is 47.3 Å². The van der Waals surface area contributed by atoms with Crippen molar-refractivity contribution in [3.8, 4) is 0 Å². The molecule has 2 unspecified atom stereocenters. The van der Waals surface area contributed by atoms with E-state index in [1.165, 1.54) is 37.9 Å². The van der Waals surface area contributed by atoms with E-state index in [2.05, 4.69) is 0 Å². The Morgan fingerprint density at radius 1 is 0.563 bits per heavy atom. The number of allylic oxidation sites excluding steroid dienone is 2. The van der Waals surface area contributed by atoms with Gasteiger partial charge in [0.1, 0.15) is 13.2 Å². The first kappa shape index (κ1) is 44.0. The van der Waals surface area contributed by atoms with Crippen molar-refractivity contribution in [3.05, 3.63) is 185 Å². The third kappa shape index (κ3) is 7.30. The Morgan fingerprint density at radius 2 is 1.01 bits per heavy atom. The number of aryl methyl sites for hydroxylation is 1. The number of halogens is 3. The zero-order chi connectivity index (χ0) is 49.0. The summed E-state index contributed by atoms with van der Waals surface area (Å²) in [5.41, 5.74) is 3.10. The molecule has 0 N–H and O–H groups in total. The number of benzene rings is 4. The van der Waals surface area contributed by atoms with E-state index in [1.54, 1.807) is 30.3 Å². The highest BCUT2D eigenvalue weighted by atomic mass is 32.1. The molecule has 2 atom stereocenters. The Labute approximate surface area is 407 Å². The van der Waals surface area contributed by atoms with Crippen LogP contribution in [0.4, 0.5) is 22.8 Å². The Kier molecular flexibility index (Phi) is 10.2. The summed E-state index contributed by atoms with van der Waals surface area (Å²) in [6, 6.07) is 29.7. The van der Waals surface area contributed by atoms with Crippen molar-refractivity contribution in [2.75, 3.05) is 0 Å². The first-order chi connectivity index (χ1) is 34.2. The van der Waals surface area contributed by atoms with Gasteiger partial charge in [0.2, 0.25) is 23.1 Å². The Morgan fingerprint density at radius 3 is 1.48 bits per heavy atom. The van der Waals surface area contributed by atoms with Crippen LogP contribution in [-0.4, -0.2) is 44.5 Å². The Hall–Kier alpha value is -8.27. The van der Waals surface area contributed by atoms with Gasteiger partial charge < -0.3 is 9.47 Å². The first-order valence-corrected chi connectivity index (χ1v) is 24.0. The number of nitrogens with zero attached hydrogens (tertiary/aromatic N) is 2. The minimum atomic E-state index is -4.71. The minimum absolute atomic E-state index is 0.00147. The van der Waals surface area contributed by atoms with Crippen molar-refractivity contribution in [1.29, 1.82) is 0 Å². The summed E-state index contributed by atoms with van der Waals surface area (Å²) in [6.07, 6.45) is 4.97. The summed E-state index contributed by atoms with van der Waals surface area (Å²) in [6.45, 7) is 1.84. The van der Waals surface area contributed by atoms with Crippen molar-refractivity contribution in [1.82, 2.24) is 9.13 Å². The fraction of sp³-hybridized carbons (Fsp3) is 0.107. The molecule has 0 aliphatic heterocycles. The van der Waals surface area contributed by atoms with E-state index in [0.717, 1.165) is 44.8 Å². The lowest BCUT2D eigenvalue weighted by Gasteiger charge is -2.21. The third-order valence-electron chi connectivity index (χ3n) is 13.2. The number of Topliss-reactive ketones (excluding diaryl/α,β-unsaturated/α-hetero) is 4. The summed E-state index contributed by atoms with van der Waals surface area (Å²) in [5, 5.41) is 2.48. The molecule has 15 heteroatoms. The average molecular weight is 983 g/mol. The molecule has 4 aliphatic carbocycles. The second kappa shape index (κ2) is 16.4. The Balaban J connectivity index is 1.01. The van der Waals surface area contributed by atoms with Crippen molar-refractivity contribution in [2.24, 2.45) is 11.8 Å². The van der Waals surface area contributed by atoms with Crippen LogP contribution in [0.1, 0.15) is 63.9 Å². The van der Waals surface area contributed by atoms with Crippen molar-refractivity contribution < 1.29 is 51.4 Å². The van der Waals surface area contributed by atoms with Gasteiger partial charge >= 0.3 is 18.4 Å². The largest absolute Gasteiger partial charge is 0.444 e. The number of carbonyl (C=O) groups is 6. The zero-order valence-electron chi connectivity index (χ0n) is 37.0. The molecular formula is C56H33F3N2O8S2. The van der Waals surface area contributed by atoms with Crippen LogP contribution >= 0.6 is 22.7 Å². The molecule has 0 fully saturated rings.